The van der Waals surface area contributed by atoms with Crippen LogP contribution in [0.5, 0.6) is 0 Å². The monoisotopic (exact) mass is 290 g/mol. The lowest BCUT2D eigenvalue weighted by molar-refractivity contribution is -0.123. The van der Waals surface area contributed by atoms with Crippen LogP contribution >= 0.6 is 0 Å². The van der Waals surface area contributed by atoms with Crippen molar-refractivity contribution >= 4 is 5.91 Å². The SMILES string of the molecule is CCCc1noc(CCCC(=O)NCC(F)(F)CN)n1. The van der Waals surface area contributed by atoms with Crippen molar-refractivity contribution in [3.63, 3.8) is 0 Å². The zero-order chi connectivity index (χ0) is 15.0. The fourth-order valence-corrected chi connectivity index (χ4v) is 1.51. The number of carbonyl (C=O) groups is 1. The Bertz CT molecular complexity index is 423. The molecule has 114 valence electrons. The second-order valence-corrected chi connectivity index (χ2v) is 4.54. The highest BCUT2D eigenvalue weighted by Gasteiger charge is 2.26. The fraction of sp³-hybridized carbons (Fsp3) is 0.750. The van der Waals surface area contributed by atoms with Crippen molar-refractivity contribution < 1.29 is 18.1 Å². The lowest BCUT2D eigenvalue weighted by Gasteiger charge is -2.14. The number of halogens is 2. The fourth-order valence-electron chi connectivity index (χ4n) is 1.51. The Morgan fingerprint density at radius 3 is 2.85 bits per heavy atom. The van der Waals surface area contributed by atoms with Gasteiger partial charge in [0.15, 0.2) is 5.82 Å². The van der Waals surface area contributed by atoms with Crippen molar-refractivity contribution in [3.05, 3.63) is 11.7 Å². The molecule has 1 aromatic heterocycles. The average molecular weight is 290 g/mol. The highest BCUT2D eigenvalue weighted by atomic mass is 19.3. The predicted molar refractivity (Wildman–Crippen MR) is 68.2 cm³/mol. The number of aryl methyl sites for hydroxylation is 2. The van der Waals surface area contributed by atoms with Crippen LogP contribution in [-0.2, 0) is 17.6 Å². The van der Waals surface area contributed by atoms with Gasteiger partial charge < -0.3 is 15.6 Å². The van der Waals surface area contributed by atoms with Crippen LogP contribution < -0.4 is 11.1 Å². The van der Waals surface area contributed by atoms with Gasteiger partial charge in [-0.3, -0.25) is 4.79 Å². The van der Waals surface area contributed by atoms with Crippen LogP contribution in [-0.4, -0.2) is 35.1 Å². The highest BCUT2D eigenvalue weighted by molar-refractivity contribution is 5.75. The molecular weight excluding hydrogens is 270 g/mol. The number of nitrogens with two attached hydrogens (primary N) is 1. The Kier molecular flexibility index (Phi) is 6.50. The Balaban J connectivity index is 2.21. The van der Waals surface area contributed by atoms with E-state index in [2.05, 4.69) is 15.5 Å². The van der Waals surface area contributed by atoms with E-state index in [1.807, 2.05) is 6.92 Å². The normalized spacial score (nSPS) is 11.6. The van der Waals surface area contributed by atoms with Gasteiger partial charge >= 0.3 is 0 Å². The number of hydrogen-bond acceptors (Lipinski definition) is 5. The van der Waals surface area contributed by atoms with Gasteiger partial charge in [-0.2, -0.15) is 4.98 Å². The van der Waals surface area contributed by atoms with Crippen molar-refractivity contribution in [2.45, 2.75) is 45.0 Å². The van der Waals surface area contributed by atoms with Gasteiger partial charge in [-0.25, -0.2) is 8.78 Å². The molecule has 0 aliphatic rings. The maximum atomic E-state index is 12.8. The summed E-state index contributed by atoms with van der Waals surface area (Å²) in [5.41, 5.74) is 4.87. The molecule has 0 radical (unpaired) electrons. The lowest BCUT2D eigenvalue weighted by Crippen LogP contribution is -2.41. The van der Waals surface area contributed by atoms with E-state index < -0.39 is 24.9 Å². The van der Waals surface area contributed by atoms with Crippen LogP contribution in [0.1, 0.15) is 37.9 Å². The van der Waals surface area contributed by atoms with Crippen molar-refractivity contribution in [2.24, 2.45) is 5.73 Å². The summed E-state index contributed by atoms with van der Waals surface area (Å²) in [4.78, 5) is 15.5. The molecule has 1 heterocycles. The van der Waals surface area contributed by atoms with Crippen LogP contribution in [0.3, 0.4) is 0 Å². The molecule has 20 heavy (non-hydrogen) atoms. The van der Waals surface area contributed by atoms with Crippen LogP contribution in [0.2, 0.25) is 0 Å². The van der Waals surface area contributed by atoms with Gasteiger partial charge in [0.05, 0.1) is 13.1 Å². The molecule has 1 aromatic rings. The molecule has 1 rings (SSSR count). The van der Waals surface area contributed by atoms with Gasteiger partial charge in [0.2, 0.25) is 11.8 Å². The molecule has 0 aliphatic heterocycles. The van der Waals surface area contributed by atoms with Crippen molar-refractivity contribution in [3.8, 4) is 0 Å². The number of alkyl halides is 2. The minimum Gasteiger partial charge on any atom is -0.350 e. The molecule has 0 bridgehead atoms. The van der Waals surface area contributed by atoms with E-state index in [0.29, 0.717) is 24.6 Å². The molecule has 0 atom stereocenters. The summed E-state index contributed by atoms with van der Waals surface area (Å²) in [5.74, 6) is -2.38. The molecule has 0 saturated carbocycles. The molecule has 0 spiro atoms. The van der Waals surface area contributed by atoms with E-state index in [9.17, 15) is 13.6 Å². The summed E-state index contributed by atoms with van der Waals surface area (Å²) < 4.78 is 30.6. The summed E-state index contributed by atoms with van der Waals surface area (Å²) in [5, 5.41) is 5.93. The number of nitrogens with one attached hydrogen (secondary N) is 1. The molecular formula is C12H20F2N4O2. The minimum atomic E-state index is -3.06. The Labute approximate surface area is 116 Å². The van der Waals surface area contributed by atoms with E-state index in [4.69, 9.17) is 10.3 Å². The second kappa shape index (κ2) is 7.88. The van der Waals surface area contributed by atoms with Gasteiger partial charge in [0, 0.05) is 19.3 Å². The molecule has 3 N–H and O–H groups in total. The van der Waals surface area contributed by atoms with E-state index in [1.165, 1.54) is 0 Å². The molecule has 1 amide bonds. The lowest BCUT2D eigenvalue weighted by atomic mass is 10.2. The Morgan fingerprint density at radius 1 is 1.45 bits per heavy atom. The quantitative estimate of drug-likeness (QED) is 0.709. The Hall–Kier alpha value is -1.57. The maximum absolute atomic E-state index is 12.8. The number of amides is 1. The molecule has 0 aliphatic carbocycles. The van der Waals surface area contributed by atoms with Crippen molar-refractivity contribution in [1.29, 1.82) is 0 Å². The smallest absolute Gasteiger partial charge is 0.277 e. The first-order chi connectivity index (χ1) is 9.46. The van der Waals surface area contributed by atoms with E-state index in [1.54, 1.807) is 0 Å². The average Bonchev–Trinajstić information content (AvgIpc) is 2.85. The zero-order valence-corrected chi connectivity index (χ0v) is 11.5. The highest BCUT2D eigenvalue weighted by Crippen LogP contribution is 2.09. The molecule has 6 nitrogen and oxygen atoms in total. The molecule has 8 heteroatoms. The first kappa shape index (κ1) is 16.5. The minimum absolute atomic E-state index is 0.131. The van der Waals surface area contributed by atoms with Gasteiger partial charge in [0.25, 0.3) is 5.92 Å². The predicted octanol–water partition coefficient (Wildman–Crippen LogP) is 1.05. The van der Waals surface area contributed by atoms with E-state index >= 15 is 0 Å². The van der Waals surface area contributed by atoms with E-state index in [0.717, 1.165) is 12.8 Å². The van der Waals surface area contributed by atoms with E-state index in [-0.39, 0.29) is 6.42 Å². The summed E-state index contributed by atoms with van der Waals surface area (Å²) in [6.07, 6.45) is 2.73. The molecule has 0 unspecified atom stereocenters. The number of carbonyl (C=O) groups excluding carboxylic acids is 1. The number of rotatable bonds is 9. The standard InChI is InChI=1S/C12H20F2N4O2/c1-2-4-9-17-11(20-18-9)6-3-5-10(19)16-8-12(13,14)7-15/h2-8,15H2,1H3,(H,16,19). The number of aromatic nitrogens is 2. The van der Waals surface area contributed by atoms with Gasteiger partial charge in [-0.05, 0) is 12.8 Å². The third-order valence-electron chi connectivity index (χ3n) is 2.62. The van der Waals surface area contributed by atoms with Crippen LogP contribution in [0.4, 0.5) is 8.78 Å². The molecule has 0 fully saturated rings. The van der Waals surface area contributed by atoms with Crippen LogP contribution in [0, 0.1) is 0 Å². The second-order valence-electron chi connectivity index (χ2n) is 4.54. The summed E-state index contributed by atoms with van der Waals surface area (Å²) in [6.45, 7) is 0.497. The van der Waals surface area contributed by atoms with Crippen LogP contribution in [0.25, 0.3) is 0 Å². The van der Waals surface area contributed by atoms with Crippen molar-refractivity contribution in [2.75, 3.05) is 13.1 Å². The number of nitrogens with zero attached hydrogens (tertiary/aromatic N) is 2. The van der Waals surface area contributed by atoms with Crippen molar-refractivity contribution in [1.82, 2.24) is 15.5 Å². The Morgan fingerprint density at radius 2 is 2.20 bits per heavy atom. The third kappa shape index (κ3) is 6.05. The molecule has 0 saturated heterocycles. The first-order valence-corrected chi connectivity index (χ1v) is 6.63. The topological polar surface area (TPSA) is 94.0 Å². The van der Waals surface area contributed by atoms with Crippen LogP contribution in [0.15, 0.2) is 4.52 Å². The maximum Gasteiger partial charge on any atom is 0.277 e. The van der Waals surface area contributed by atoms with Gasteiger partial charge in [-0.1, -0.05) is 12.1 Å². The summed E-state index contributed by atoms with van der Waals surface area (Å²) in [6, 6.07) is 0. The zero-order valence-electron chi connectivity index (χ0n) is 11.5. The summed E-state index contributed by atoms with van der Waals surface area (Å²) in [7, 11) is 0. The third-order valence-corrected chi connectivity index (χ3v) is 2.62. The van der Waals surface area contributed by atoms with Gasteiger partial charge in [-0.15, -0.1) is 0 Å². The summed E-state index contributed by atoms with van der Waals surface area (Å²) >= 11 is 0. The number of hydrogen-bond donors (Lipinski definition) is 2. The largest absolute Gasteiger partial charge is 0.350 e. The first-order valence-electron chi connectivity index (χ1n) is 6.63. The van der Waals surface area contributed by atoms with Gasteiger partial charge in [0.1, 0.15) is 0 Å². The molecule has 0 aromatic carbocycles.